The summed E-state index contributed by atoms with van der Waals surface area (Å²) in [5.41, 5.74) is 0.00792. The second-order valence-corrected chi connectivity index (χ2v) is 11.0. The Morgan fingerprint density at radius 2 is 1.81 bits per heavy atom. The number of carbonyl (C=O) groups is 1. The molecule has 2 unspecified atom stereocenters. The molecular formula is C22H28N2O6S. The molecule has 1 fully saturated rings. The molecule has 2 atom stereocenters. The summed E-state index contributed by atoms with van der Waals surface area (Å²) in [7, 11) is -3.31. The van der Waals surface area contributed by atoms with E-state index >= 15 is 0 Å². The lowest BCUT2D eigenvalue weighted by atomic mass is 9.80. The number of aromatic nitrogens is 1. The van der Waals surface area contributed by atoms with Gasteiger partial charge < -0.3 is 14.7 Å². The Balaban J connectivity index is 1.76. The van der Waals surface area contributed by atoms with E-state index in [1.54, 1.807) is 24.4 Å². The van der Waals surface area contributed by atoms with Crippen molar-refractivity contribution >= 4 is 15.9 Å². The summed E-state index contributed by atoms with van der Waals surface area (Å²) in [6, 6.07) is 8.97. The molecule has 0 radical (unpaired) electrons. The van der Waals surface area contributed by atoms with Gasteiger partial charge in [-0.2, -0.15) is 0 Å². The summed E-state index contributed by atoms with van der Waals surface area (Å²) in [6.45, 7) is 6.40. The zero-order chi connectivity index (χ0) is 23.0. The van der Waals surface area contributed by atoms with Crippen LogP contribution in [0.3, 0.4) is 0 Å². The molecule has 31 heavy (non-hydrogen) atoms. The standard InChI is InChI=1S/C22H28N2O6S/c1-22(2,3)19-13-16(10-12-24(19)21(26)27)30-17-9-11-23(20(25)14-17)15-5-7-18(8-6-15)31(4,28)29/h5-9,11,14,16,19H,10,12-13H2,1-4H3,(H,26,27). The van der Waals surface area contributed by atoms with Crippen LogP contribution in [-0.4, -0.2) is 54.0 Å². The van der Waals surface area contributed by atoms with Crippen LogP contribution >= 0.6 is 0 Å². The first-order chi connectivity index (χ1) is 14.4. The number of carboxylic acid groups (broad SMARTS) is 1. The lowest BCUT2D eigenvalue weighted by Gasteiger charge is -2.44. The van der Waals surface area contributed by atoms with E-state index in [1.165, 1.54) is 27.7 Å². The van der Waals surface area contributed by atoms with Crippen LogP contribution in [0.25, 0.3) is 5.69 Å². The molecule has 2 heterocycles. The van der Waals surface area contributed by atoms with E-state index in [9.17, 15) is 23.1 Å². The van der Waals surface area contributed by atoms with Crippen LogP contribution < -0.4 is 10.3 Å². The lowest BCUT2D eigenvalue weighted by molar-refractivity contribution is 0.0130. The SMILES string of the molecule is CC(C)(C)C1CC(Oc2ccn(-c3ccc(S(C)(=O)=O)cc3)c(=O)c2)CCN1C(=O)O. The van der Waals surface area contributed by atoms with Gasteiger partial charge in [-0.25, -0.2) is 13.2 Å². The van der Waals surface area contributed by atoms with Gasteiger partial charge in [0.25, 0.3) is 5.56 Å². The van der Waals surface area contributed by atoms with Gasteiger partial charge in [0, 0.05) is 49.6 Å². The van der Waals surface area contributed by atoms with Gasteiger partial charge in [0.15, 0.2) is 9.84 Å². The zero-order valence-electron chi connectivity index (χ0n) is 18.1. The number of sulfone groups is 1. The third-order valence-electron chi connectivity index (χ3n) is 5.54. The molecule has 3 rings (SSSR count). The number of piperidine rings is 1. The summed E-state index contributed by atoms with van der Waals surface area (Å²) in [6.07, 6.45) is 2.69. The van der Waals surface area contributed by atoms with Crippen LogP contribution in [0.5, 0.6) is 5.75 Å². The van der Waals surface area contributed by atoms with Gasteiger partial charge in [-0.3, -0.25) is 9.36 Å². The number of nitrogens with zero attached hydrogens (tertiary/aromatic N) is 2. The molecule has 1 N–H and O–H groups in total. The molecule has 0 saturated carbocycles. The van der Waals surface area contributed by atoms with E-state index in [2.05, 4.69) is 0 Å². The lowest BCUT2D eigenvalue weighted by Crippen LogP contribution is -2.53. The predicted octanol–water partition coefficient (Wildman–Crippen LogP) is 3.18. The minimum absolute atomic E-state index is 0.183. The van der Waals surface area contributed by atoms with Gasteiger partial charge in [0.05, 0.1) is 4.90 Å². The molecule has 1 amide bonds. The van der Waals surface area contributed by atoms with Crippen molar-refractivity contribution in [3.05, 3.63) is 52.9 Å². The van der Waals surface area contributed by atoms with Crippen molar-refractivity contribution in [2.45, 2.75) is 50.7 Å². The van der Waals surface area contributed by atoms with Crippen molar-refractivity contribution in [3.63, 3.8) is 0 Å². The molecule has 2 aromatic rings. The van der Waals surface area contributed by atoms with Crippen molar-refractivity contribution in [1.82, 2.24) is 9.47 Å². The maximum absolute atomic E-state index is 12.6. The normalized spacial score (nSPS) is 19.8. The summed E-state index contributed by atoms with van der Waals surface area (Å²) >= 11 is 0. The molecule has 0 spiro atoms. The molecule has 0 bridgehead atoms. The van der Waals surface area contributed by atoms with E-state index in [4.69, 9.17) is 4.74 Å². The van der Waals surface area contributed by atoms with Crippen LogP contribution in [-0.2, 0) is 9.84 Å². The second-order valence-electron chi connectivity index (χ2n) is 8.96. The van der Waals surface area contributed by atoms with Crippen molar-refractivity contribution in [2.24, 2.45) is 5.41 Å². The molecule has 1 aliphatic rings. The van der Waals surface area contributed by atoms with Gasteiger partial charge in [-0.15, -0.1) is 0 Å². The summed E-state index contributed by atoms with van der Waals surface area (Å²) < 4.78 is 30.6. The minimum atomic E-state index is -3.31. The molecule has 9 heteroatoms. The fourth-order valence-corrected chi connectivity index (χ4v) is 4.51. The molecule has 1 saturated heterocycles. The number of amides is 1. The highest BCUT2D eigenvalue weighted by Crippen LogP contribution is 2.33. The Morgan fingerprint density at radius 3 is 2.32 bits per heavy atom. The average Bonchev–Trinajstić information content (AvgIpc) is 2.67. The number of likely N-dealkylation sites (tertiary alicyclic amines) is 1. The smallest absolute Gasteiger partial charge is 0.407 e. The predicted molar refractivity (Wildman–Crippen MR) is 117 cm³/mol. The van der Waals surface area contributed by atoms with Crippen LogP contribution in [0.1, 0.15) is 33.6 Å². The van der Waals surface area contributed by atoms with Crippen LogP contribution in [0.15, 0.2) is 52.3 Å². The number of benzene rings is 1. The Morgan fingerprint density at radius 1 is 1.16 bits per heavy atom. The van der Waals surface area contributed by atoms with Gasteiger partial charge in [0.2, 0.25) is 0 Å². The molecule has 1 aliphatic heterocycles. The van der Waals surface area contributed by atoms with Crippen LogP contribution in [0.4, 0.5) is 4.79 Å². The first kappa shape index (κ1) is 22.9. The minimum Gasteiger partial charge on any atom is -0.490 e. The van der Waals surface area contributed by atoms with Crippen molar-refractivity contribution in [3.8, 4) is 11.4 Å². The highest BCUT2D eigenvalue weighted by Gasteiger charge is 2.39. The average molecular weight is 449 g/mol. The molecule has 0 aliphatic carbocycles. The highest BCUT2D eigenvalue weighted by atomic mass is 32.2. The van der Waals surface area contributed by atoms with Crippen molar-refractivity contribution in [1.29, 1.82) is 0 Å². The number of ether oxygens (including phenoxy) is 1. The Hall–Kier alpha value is -2.81. The molecule has 1 aromatic heterocycles. The van der Waals surface area contributed by atoms with E-state index in [-0.39, 0.29) is 28.0 Å². The highest BCUT2D eigenvalue weighted by molar-refractivity contribution is 7.90. The third kappa shape index (κ3) is 5.28. The number of hydrogen-bond acceptors (Lipinski definition) is 5. The Kier molecular flexibility index (Phi) is 6.18. The monoisotopic (exact) mass is 448 g/mol. The quantitative estimate of drug-likeness (QED) is 0.770. The molecule has 8 nitrogen and oxygen atoms in total. The maximum atomic E-state index is 12.6. The third-order valence-corrected chi connectivity index (χ3v) is 6.67. The molecular weight excluding hydrogens is 420 g/mol. The largest absolute Gasteiger partial charge is 0.490 e. The fourth-order valence-electron chi connectivity index (χ4n) is 3.88. The first-order valence-corrected chi connectivity index (χ1v) is 11.9. The van der Waals surface area contributed by atoms with Gasteiger partial charge in [-0.1, -0.05) is 20.8 Å². The summed E-state index contributed by atoms with van der Waals surface area (Å²) in [5, 5.41) is 9.49. The van der Waals surface area contributed by atoms with E-state index in [0.29, 0.717) is 30.8 Å². The Bertz CT molecular complexity index is 1120. The molecule has 168 valence electrons. The van der Waals surface area contributed by atoms with Gasteiger partial charge in [0.1, 0.15) is 11.9 Å². The topological polar surface area (TPSA) is 106 Å². The number of hydrogen-bond donors (Lipinski definition) is 1. The summed E-state index contributed by atoms with van der Waals surface area (Å²) in [5.74, 6) is 0.426. The van der Waals surface area contributed by atoms with Crippen molar-refractivity contribution in [2.75, 3.05) is 12.8 Å². The van der Waals surface area contributed by atoms with Gasteiger partial charge >= 0.3 is 6.09 Å². The van der Waals surface area contributed by atoms with Crippen LogP contribution in [0, 0.1) is 5.41 Å². The van der Waals surface area contributed by atoms with E-state index < -0.39 is 15.9 Å². The van der Waals surface area contributed by atoms with E-state index in [1.807, 2.05) is 20.8 Å². The van der Waals surface area contributed by atoms with E-state index in [0.717, 1.165) is 6.26 Å². The second kappa shape index (κ2) is 8.37. The number of rotatable bonds is 4. The fraction of sp³-hybridized carbons (Fsp3) is 0.455. The first-order valence-electron chi connectivity index (χ1n) is 10.1. The number of pyridine rings is 1. The maximum Gasteiger partial charge on any atom is 0.407 e. The van der Waals surface area contributed by atoms with Gasteiger partial charge in [-0.05, 0) is 35.7 Å². The van der Waals surface area contributed by atoms with Crippen LogP contribution in [0.2, 0.25) is 0 Å². The summed E-state index contributed by atoms with van der Waals surface area (Å²) in [4.78, 5) is 25.8. The Labute approximate surface area is 182 Å². The van der Waals surface area contributed by atoms with Crippen molar-refractivity contribution < 1.29 is 23.1 Å². The zero-order valence-corrected chi connectivity index (χ0v) is 18.9. The molecule has 1 aromatic carbocycles.